The fraction of sp³-hybridized carbons (Fsp3) is 0.143. The Morgan fingerprint density at radius 3 is 2.50 bits per heavy atom. The van der Waals surface area contributed by atoms with Crippen molar-refractivity contribution in [3.05, 3.63) is 54.1 Å². The molecule has 106 valence electrons. The molecule has 2 aromatic rings. The number of rotatable bonds is 4. The lowest BCUT2D eigenvalue weighted by atomic mass is 10.0. The summed E-state index contributed by atoms with van der Waals surface area (Å²) in [6.45, 7) is 1.49. The number of benzene rings is 2. The molecule has 0 aromatic heterocycles. The van der Waals surface area contributed by atoms with Gasteiger partial charge in [-0.25, -0.2) is 13.3 Å². The fourth-order valence-electron chi connectivity index (χ4n) is 1.69. The van der Waals surface area contributed by atoms with Crippen molar-refractivity contribution in [1.29, 1.82) is 0 Å². The average Bonchev–Trinajstić information content (AvgIpc) is 2.41. The third kappa shape index (κ3) is 3.24. The maximum atomic E-state index is 13.8. The van der Waals surface area contributed by atoms with Crippen molar-refractivity contribution < 1.29 is 22.8 Å². The summed E-state index contributed by atoms with van der Waals surface area (Å²) in [5, 5.41) is 0. The first kappa shape index (κ1) is 14.7. The first-order valence-electron chi connectivity index (χ1n) is 5.99. The summed E-state index contributed by atoms with van der Waals surface area (Å²) < 4.78 is 43.8. The Morgan fingerprint density at radius 2 is 1.85 bits per heavy atom. The fourth-order valence-corrected chi connectivity index (χ4v) is 2.29. The first-order chi connectivity index (χ1) is 9.43. The van der Waals surface area contributed by atoms with E-state index in [0.29, 0.717) is 0 Å². The van der Waals surface area contributed by atoms with Crippen molar-refractivity contribution in [2.45, 2.75) is 6.92 Å². The van der Waals surface area contributed by atoms with Crippen LogP contribution in [0.4, 0.5) is 8.78 Å². The smallest absolute Gasteiger partial charge is 0.376 e. The molecule has 1 N–H and O–H groups in total. The highest BCUT2D eigenvalue weighted by Crippen LogP contribution is 2.45. The molecule has 1 unspecified atom stereocenters. The van der Waals surface area contributed by atoms with Crippen molar-refractivity contribution >= 4 is 7.60 Å². The summed E-state index contributed by atoms with van der Waals surface area (Å²) in [4.78, 5) is 9.53. The van der Waals surface area contributed by atoms with Gasteiger partial charge in [-0.1, -0.05) is 25.1 Å². The van der Waals surface area contributed by atoms with Crippen molar-refractivity contribution in [2.75, 3.05) is 6.16 Å². The van der Waals surface area contributed by atoms with Crippen LogP contribution < -0.4 is 4.52 Å². The molecule has 6 heteroatoms. The van der Waals surface area contributed by atoms with E-state index in [0.717, 1.165) is 12.1 Å². The van der Waals surface area contributed by atoms with Crippen LogP contribution in [-0.2, 0) is 4.57 Å². The van der Waals surface area contributed by atoms with Crippen LogP contribution in [0.25, 0.3) is 11.1 Å². The molecule has 0 aliphatic rings. The zero-order valence-electron chi connectivity index (χ0n) is 10.7. The molecule has 0 bridgehead atoms. The molecule has 3 nitrogen and oxygen atoms in total. The highest BCUT2D eigenvalue weighted by Gasteiger charge is 2.21. The van der Waals surface area contributed by atoms with Gasteiger partial charge in [0, 0.05) is 11.1 Å². The standard InChI is InChI=1S/C14H13F2O3P/c1-2-20(17,18)19-14-8-7-10(15)9-12(14)11-5-3-4-6-13(11)16/h3-9H,2H2,1H3,(H,17,18). The van der Waals surface area contributed by atoms with Gasteiger partial charge in [-0.3, -0.25) is 0 Å². The zero-order chi connectivity index (χ0) is 14.8. The molecule has 20 heavy (non-hydrogen) atoms. The Labute approximate surface area is 115 Å². The van der Waals surface area contributed by atoms with Crippen LogP contribution in [0.15, 0.2) is 42.5 Å². The van der Waals surface area contributed by atoms with E-state index in [1.807, 2.05) is 0 Å². The lowest BCUT2D eigenvalue weighted by Gasteiger charge is -2.15. The van der Waals surface area contributed by atoms with Crippen molar-refractivity contribution in [3.8, 4) is 16.9 Å². The molecule has 0 fully saturated rings. The van der Waals surface area contributed by atoms with Gasteiger partial charge in [0.25, 0.3) is 0 Å². The largest absolute Gasteiger partial charge is 0.424 e. The molecule has 0 aliphatic carbocycles. The molecule has 2 rings (SSSR count). The van der Waals surface area contributed by atoms with Gasteiger partial charge in [-0.15, -0.1) is 0 Å². The van der Waals surface area contributed by atoms with E-state index in [1.54, 1.807) is 6.07 Å². The number of hydrogen-bond donors (Lipinski definition) is 1. The van der Waals surface area contributed by atoms with Gasteiger partial charge in [0.1, 0.15) is 17.4 Å². The summed E-state index contributed by atoms with van der Waals surface area (Å²) in [7, 11) is -3.82. The molecule has 0 saturated carbocycles. The zero-order valence-corrected chi connectivity index (χ0v) is 11.6. The molecular weight excluding hydrogens is 285 g/mol. The summed E-state index contributed by atoms with van der Waals surface area (Å²) in [6.07, 6.45) is -0.0961. The lowest BCUT2D eigenvalue weighted by Crippen LogP contribution is -1.97. The minimum atomic E-state index is -3.82. The number of hydrogen-bond acceptors (Lipinski definition) is 2. The van der Waals surface area contributed by atoms with E-state index in [2.05, 4.69) is 0 Å². The van der Waals surface area contributed by atoms with E-state index in [1.165, 1.54) is 31.2 Å². The third-order valence-corrected chi connectivity index (χ3v) is 4.03. The van der Waals surface area contributed by atoms with Crippen LogP contribution in [0.5, 0.6) is 5.75 Å². The topological polar surface area (TPSA) is 46.5 Å². The monoisotopic (exact) mass is 298 g/mol. The van der Waals surface area contributed by atoms with Gasteiger partial charge in [0.2, 0.25) is 0 Å². The maximum Gasteiger partial charge on any atom is 0.376 e. The summed E-state index contributed by atoms with van der Waals surface area (Å²) >= 11 is 0. The second-order valence-electron chi connectivity index (χ2n) is 4.17. The van der Waals surface area contributed by atoms with E-state index in [9.17, 15) is 18.2 Å². The molecule has 0 spiro atoms. The second kappa shape index (κ2) is 5.73. The predicted molar refractivity (Wildman–Crippen MR) is 72.8 cm³/mol. The van der Waals surface area contributed by atoms with Crippen LogP contribution in [0.2, 0.25) is 0 Å². The predicted octanol–water partition coefficient (Wildman–Crippen LogP) is 4.22. The average molecular weight is 298 g/mol. The Bertz CT molecular complexity index is 673. The van der Waals surface area contributed by atoms with Gasteiger partial charge >= 0.3 is 7.60 Å². The molecule has 0 amide bonds. The third-order valence-electron chi connectivity index (χ3n) is 2.75. The molecule has 1 atom stereocenters. The van der Waals surface area contributed by atoms with E-state index in [4.69, 9.17) is 4.52 Å². The van der Waals surface area contributed by atoms with Crippen LogP contribution in [-0.4, -0.2) is 11.1 Å². The van der Waals surface area contributed by atoms with Gasteiger partial charge < -0.3 is 9.42 Å². The van der Waals surface area contributed by atoms with Gasteiger partial charge in [0.05, 0.1) is 6.16 Å². The number of halogens is 2. The van der Waals surface area contributed by atoms with E-state index in [-0.39, 0.29) is 23.0 Å². The lowest BCUT2D eigenvalue weighted by molar-refractivity contribution is 0.381. The Hall–Kier alpha value is -1.71. The van der Waals surface area contributed by atoms with Crippen LogP contribution in [0.3, 0.4) is 0 Å². The van der Waals surface area contributed by atoms with Crippen molar-refractivity contribution in [2.24, 2.45) is 0 Å². The van der Waals surface area contributed by atoms with E-state index < -0.39 is 19.2 Å². The van der Waals surface area contributed by atoms with Crippen LogP contribution in [0, 0.1) is 11.6 Å². The van der Waals surface area contributed by atoms with Gasteiger partial charge in [-0.05, 0) is 24.3 Å². The van der Waals surface area contributed by atoms with Crippen molar-refractivity contribution in [1.82, 2.24) is 0 Å². The Kier molecular flexibility index (Phi) is 4.21. The quantitative estimate of drug-likeness (QED) is 0.860. The minimum absolute atomic E-state index is 0.0239. The maximum absolute atomic E-state index is 13.8. The summed E-state index contributed by atoms with van der Waals surface area (Å²) in [5.41, 5.74) is 0.212. The molecule has 0 radical (unpaired) electrons. The molecule has 0 saturated heterocycles. The molecule has 0 heterocycles. The highest BCUT2D eigenvalue weighted by molar-refractivity contribution is 7.53. The SMILES string of the molecule is CCP(=O)(O)Oc1ccc(F)cc1-c1ccccc1F. The van der Waals surface area contributed by atoms with Crippen LogP contribution in [0.1, 0.15) is 6.92 Å². The molecule has 2 aromatic carbocycles. The second-order valence-corrected chi connectivity index (χ2v) is 6.26. The Morgan fingerprint density at radius 1 is 1.15 bits per heavy atom. The molecular formula is C14H13F2O3P. The van der Waals surface area contributed by atoms with Gasteiger partial charge in [0.15, 0.2) is 0 Å². The summed E-state index contributed by atoms with van der Waals surface area (Å²) in [5.74, 6) is -1.17. The highest BCUT2D eigenvalue weighted by atomic mass is 31.2. The minimum Gasteiger partial charge on any atom is -0.424 e. The van der Waals surface area contributed by atoms with Crippen molar-refractivity contribution in [3.63, 3.8) is 0 Å². The van der Waals surface area contributed by atoms with Gasteiger partial charge in [-0.2, -0.15) is 0 Å². The summed E-state index contributed by atoms with van der Waals surface area (Å²) in [6, 6.07) is 9.15. The van der Waals surface area contributed by atoms with E-state index >= 15 is 0 Å². The molecule has 0 aliphatic heterocycles. The van der Waals surface area contributed by atoms with Crippen LogP contribution >= 0.6 is 7.60 Å². The Balaban J connectivity index is 2.55. The normalized spacial score (nSPS) is 13.8. The first-order valence-corrected chi connectivity index (χ1v) is 7.75.